The first-order valence-electron chi connectivity index (χ1n) is 10.4. The van der Waals surface area contributed by atoms with E-state index in [1.165, 1.54) is 12.1 Å². The number of para-hydroxylation sites is 1. The third-order valence-electron chi connectivity index (χ3n) is 5.61. The summed E-state index contributed by atoms with van der Waals surface area (Å²) in [7, 11) is 3.22. The van der Waals surface area contributed by atoms with Gasteiger partial charge >= 0.3 is 0 Å². The highest BCUT2D eigenvalue weighted by molar-refractivity contribution is 5.86. The second-order valence-electron chi connectivity index (χ2n) is 7.56. The topological polar surface area (TPSA) is 63.3 Å². The molecule has 0 radical (unpaired) electrons. The first kappa shape index (κ1) is 21.4. The van der Waals surface area contributed by atoms with E-state index >= 15 is 0 Å². The van der Waals surface area contributed by atoms with E-state index < -0.39 is 0 Å². The Balaban J connectivity index is 1.65. The van der Waals surface area contributed by atoms with Gasteiger partial charge in [0.25, 0.3) is 0 Å². The second kappa shape index (κ2) is 9.56. The number of rotatable bonds is 8. The molecule has 0 saturated carbocycles. The Morgan fingerprint density at radius 2 is 1.78 bits per heavy atom. The van der Waals surface area contributed by atoms with Crippen LogP contribution in [0.1, 0.15) is 29.0 Å². The van der Waals surface area contributed by atoms with E-state index in [2.05, 4.69) is 10.3 Å². The monoisotopic (exact) mass is 432 g/mol. The largest absolute Gasteiger partial charge is 0.497 e. The van der Waals surface area contributed by atoms with E-state index in [9.17, 15) is 9.18 Å². The predicted molar refractivity (Wildman–Crippen MR) is 123 cm³/mol. The zero-order valence-corrected chi connectivity index (χ0v) is 18.0. The molecule has 0 saturated heterocycles. The predicted octanol–water partition coefficient (Wildman–Crippen LogP) is 5.16. The summed E-state index contributed by atoms with van der Waals surface area (Å²) in [4.78, 5) is 16.3. The summed E-state index contributed by atoms with van der Waals surface area (Å²) < 4.78 is 24.1. The number of fused-ring (bicyclic) bond motifs is 1. The van der Waals surface area contributed by atoms with Crippen molar-refractivity contribution in [3.8, 4) is 11.5 Å². The zero-order chi connectivity index (χ0) is 22.5. The molecule has 4 aromatic rings. The van der Waals surface area contributed by atoms with Gasteiger partial charge in [0, 0.05) is 47.6 Å². The fraction of sp³-hybridized carbons (Fsp3) is 0.192. The SMILES string of the molecule is COc1ccc(C(CC(=O)NCc2ccc(F)cc2)c2c[nH]c3ccccc23)c(OC)c1. The summed E-state index contributed by atoms with van der Waals surface area (Å²) in [6.45, 7) is 0.333. The summed E-state index contributed by atoms with van der Waals surface area (Å²) in [6.07, 6.45) is 2.18. The third-order valence-corrected chi connectivity index (χ3v) is 5.61. The number of aromatic amines is 1. The highest BCUT2D eigenvalue weighted by Gasteiger charge is 2.24. The summed E-state index contributed by atoms with van der Waals surface area (Å²) in [5, 5.41) is 4.01. The Morgan fingerprint density at radius 3 is 2.53 bits per heavy atom. The van der Waals surface area contributed by atoms with Gasteiger partial charge in [-0.05, 0) is 35.4 Å². The molecular formula is C26H25FN2O3. The van der Waals surface area contributed by atoms with Gasteiger partial charge in [0.15, 0.2) is 0 Å². The number of hydrogen-bond donors (Lipinski definition) is 2. The summed E-state index contributed by atoms with van der Waals surface area (Å²) >= 11 is 0. The molecule has 1 heterocycles. The zero-order valence-electron chi connectivity index (χ0n) is 18.0. The molecule has 1 atom stereocenters. The van der Waals surface area contributed by atoms with Crippen molar-refractivity contribution in [2.45, 2.75) is 18.9 Å². The van der Waals surface area contributed by atoms with E-state index in [1.807, 2.05) is 48.7 Å². The number of halogens is 1. The van der Waals surface area contributed by atoms with E-state index in [4.69, 9.17) is 9.47 Å². The molecule has 0 aliphatic heterocycles. The molecule has 32 heavy (non-hydrogen) atoms. The van der Waals surface area contributed by atoms with Gasteiger partial charge in [0.05, 0.1) is 14.2 Å². The average Bonchev–Trinajstić information content (AvgIpc) is 3.26. The van der Waals surface area contributed by atoms with Crippen molar-refractivity contribution in [1.29, 1.82) is 0 Å². The molecule has 0 aliphatic rings. The van der Waals surface area contributed by atoms with Crippen LogP contribution >= 0.6 is 0 Å². The van der Waals surface area contributed by atoms with Crippen LogP contribution in [-0.4, -0.2) is 25.1 Å². The van der Waals surface area contributed by atoms with Crippen LogP contribution in [0.4, 0.5) is 4.39 Å². The van der Waals surface area contributed by atoms with Crippen molar-refractivity contribution in [1.82, 2.24) is 10.3 Å². The van der Waals surface area contributed by atoms with Crippen molar-refractivity contribution >= 4 is 16.8 Å². The number of carbonyl (C=O) groups is 1. The lowest BCUT2D eigenvalue weighted by Crippen LogP contribution is -2.25. The van der Waals surface area contributed by atoms with Crippen molar-refractivity contribution in [3.63, 3.8) is 0 Å². The van der Waals surface area contributed by atoms with Crippen molar-refractivity contribution in [2.24, 2.45) is 0 Å². The number of hydrogen-bond acceptors (Lipinski definition) is 3. The summed E-state index contributed by atoms with van der Waals surface area (Å²) in [5.41, 5.74) is 3.76. The van der Waals surface area contributed by atoms with Gasteiger partial charge < -0.3 is 19.8 Å². The minimum Gasteiger partial charge on any atom is -0.497 e. The first-order valence-corrected chi connectivity index (χ1v) is 10.4. The molecule has 4 rings (SSSR count). The third kappa shape index (κ3) is 4.59. The Bertz CT molecular complexity index is 1220. The lowest BCUT2D eigenvalue weighted by molar-refractivity contribution is -0.121. The number of aromatic nitrogens is 1. The number of ether oxygens (including phenoxy) is 2. The number of methoxy groups -OCH3 is 2. The quantitative estimate of drug-likeness (QED) is 0.404. The van der Waals surface area contributed by atoms with Crippen LogP contribution in [0, 0.1) is 5.82 Å². The van der Waals surface area contributed by atoms with Gasteiger partial charge in [0.1, 0.15) is 17.3 Å². The van der Waals surface area contributed by atoms with Crippen LogP contribution in [-0.2, 0) is 11.3 Å². The van der Waals surface area contributed by atoms with Crippen molar-refractivity contribution in [2.75, 3.05) is 14.2 Å². The Morgan fingerprint density at radius 1 is 1.00 bits per heavy atom. The fourth-order valence-corrected chi connectivity index (χ4v) is 3.94. The van der Waals surface area contributed by atoms with Crippen LogP contribution < -0.4 is 14.8 Å². The maximum atomic E-state index is 13.1. The Hall–Kier alpha value is -3.80. The Labute approximate surface area is 186 Å². The van der Waals surface area contributed by atoms with Crippen LogP contribution in [0.25, 0.3) is 10.9 Å². The summed E-state index contributed by atoms with van der Waals surface area (Å²) in [6, 6.07) is 19.8. The minimum absolute atomic E-state index is 0.109. The number of carbonyl (C=O) groups excluding carboxylic acids is 1. The fourth-order valence-electron chi connectivity index (χ4n) is 3.94. The van der Waals surface area contributed by atoms with Crippen molar-refractivity contribution < 1.29 is 18.7 Å². The van der Waals surface area contributed by atoms with Gasteiger partial charge in [-0.25, -0.2) is 4.39 Å². The molecule has 1 aromatic heterocycles. The van der Waals surface area contributed by atoms with Gasteiger partial charge in [-0.3, -0.25) is 4.79 Å². The number of H-pyrrole nitrogens is 1. The molecule has 0 fully saturated rings. The number of benzene rings is 3. The number of nitrogens with one attached hydrogen (secondary N) is 2. The molecule has 2 N–H and O–H groups in total. The minimum atomic E-state index is -0.300. The van der Waals surface area contributed by atoms with Crippen LogP contribution in [0.15, 0.2) is 72.9 Å². The molecule has 0 aliphatic carbocycles. The van der Waals surface area contributed by atoms with Crippen LogP contribution in [0.2, 0.25) is 0 Å². The smallest absolute Gasteiger partial charge is 0.221 e. The van der Waals surface area contributed by atoms with E-state index in [-0.39, 0.29) is 24.1 Å². The molecule has 5 nitrogen and oxygen atoms in total. The van der Waals surface area contributed by atoms with Crippen LogP contribution in [0.5, 0.6) is 11.5 Å². The lowest BCUT2D eigenvalue weighted by atomic mass is 9.87. The van der Waals surface area contributed by atoms with E-state index in [0.717, 1.165) is 27.6 Å². The maximum absolute atomic E-state index is 13.1. The molecule has 1 unspecified atom stereocenters. The number of amides is 1. The average molecular weight is 432 g/mol. The molecular weight excluding hydrogens is 407 g/mol. The molecule has 3 aromatic carbocycles. The first-order chi connectivity index (χ1) is 15.6. The van der Waals surface area contributed by atoms with E-state index in [0.29, 0.717) is 18.0 Å². The van der Waals surface area contributed by atoms with Crippen molar-refractivity contribution in [3.05, 3.63) is 95.4 Å². The maximum Gasteiger partial charge on any atom is 0.221 e. The van der Waals surface area contributed by atoms with Gasteiger partial charge in [-0.2, -0.15) is 0 Å². The molecule has 1 amide bonds. The summed E-state index contributed by atoms with van der Waals surface area (Å²) in [5.74, 6) is 0.698. The molecule has 164 valence electrons. The van der Waals surface area contributed by atoms with Crippen LogP contribution in [0.3, 0.4) is 0 Å². The molecule has 6 heteroatoms. The molecule has 0 bridgehead atoms. The normalized spacial score (nSPS) is 11.8. The van der Waals surface area contributed by atoms with Gasteiger partial charge in [-0.1, -0.05) is 36.4 Å². The van der Waals surface area contributed by atoms with Gasteiger partial charge in [-0.15, -0.1) is 0 Å². The molecule has 0 spiro atoms. The highest BCUT2D eigenvalue weighted by atomic mass is 19.1. The standard InChI is InChI=1S/C26H25FN2O3/c1-31-19-11-12-21(25(13-19)32-2)22(23-16-28-24-6-4-3-5-20(23)24)14-26(30)29-15-17-7-9-18(27)10-8-17/h3-13,16,22,28H,14-15H2,1-2H3,(H,29,30). The highest BCUT2D eigenvalue weighted by Crippen LogP contribution is 2.39. The van der Waals surface area contributed by atoms with E-state index in [1.54, 1.807) is 26.4 Å². The second-order valence-corrected chi connectivity index (χ2v) is 7.56. The van der Waals surface area contributed by atoms with Gasteiger partial charge in [0.2, 0.25) is 5.91 Å². The Kier molecular flexibility index (Phi) is 6.40. The lowest BCUT2D eigenvalue weighted by Gasteiger charge is -2.20.